The van der Waals surface area contributed by atoms with Gasteiger partial charge < -0.3 is 10.4 Å². The molecule has 6 rings (SSSR count). The zero-order valence-corrected chi connectivity index (χ0v) is 34.5. The maximum Gasteiger partial charge on any atom is 0.346 e. The molecule has 1 aliphatic heterocycles. The third-order valence-corrected chi connectivity index (χ3v) is 14.0. The number of hydrogen-bond donors (Lipinski definition) is 2. The zero-order valence-electron chi connectivity index (χ0n) is 32.9. The van der Waals surface area contributed by atoms with Crippen molar-refractivity contribution in [3.05, 3.63) is 82.2 Å². The largest absolute Gasteiger partial charge is 0.477 e. The number of carbonyl (C=O) groups is 1. The van der Waals surface area contributed by atoms with Gasteiger partial charge >= 0.3 is 5.97 Å². The fraction of sp³-hybridized carbons (Fsp3) is 0.478. The van der Waals surface area contributed by atoms with Gasteiger partial charge in [0.15, 0.2) is 0 Å². The van der Waals surface area contributed by atoms with Gasteiger partial charge in [-0.2, -0.15) is 5.26 Å². The molecule has 0 bridgehead atoms. The van der Waals surface area contributed by atoms with Gasteiger partial charge in [-0.1, -0.05) is 83.4 Å². The molecular formula is C46H56N3O3S2. The molecule has 2 aliphatic rings. The van der Waals surface area contributed by atoms with Crippen LogP contribution in [0.25, 0.3) is 37.4 Å². The molecule has 285 valence electrons. The highest BCUT2D eigenvalue weighted by Crippen LogP contribution is 2.56. The Kier molecular flexibility index (Phi) is 12.2. The minimum atomic E-state index is -1.21. The summed E-state index contributed by atoms with van der Waals surface area (Å²) in [6.45, 7) is 12.9. The van der Waals surface area contributed by atoms with Crippen LogP contribution in [0.15, 0.2) is 66.2 Å². The number of unbranched alkanes of at least 4 members (excludes halogenated alkanes) is 6. The first-order valence-corrected chi connectivity index (χ1v) is 21.5. The molecule has 8 heteroatoms. The lowest BCUT2D eigenvalue weighted by atomic mass is 9.70. The van der Waals surface area contributed by atoms with E-state index in [1.54, 1.807) is 17.4 Å². The number of benzene rings is 2. The lowest BCUT2D eigenvalue weighted by molar-refractivity contribution is -0.288. The van der Waals surface area contributed by atoms with Crippen LogP contribution in [0, 0.1) is 11.3 Å². The van der Waals surface area contributed by atoms with Crippen molar-refractivity contribution in [1.82, 2.24) is 5.06 Å². The van der Waals surface area contributed by atoms with Crippen LogP contribution < -0.4 is 5.32 Å². The molecular weight excluding hydrogens is 707 g/mol. The summed E-state index contributed by atoms with van der Waals surface area (Å²) in [5, 5.41) is 36.9. The van der Waals surface area contributed by atoms with Crippen molar-refractivity contribution in [3.63, 3.8) is 0 Å². The zero-order chi connectivity index (χ0) is 38.7. The molecule has 3 heterocycles. The van der Waals surface area contributed by atoms with Gasteiger partial charge in [0.05, 0.1) is 0 Å². The van der Waals surface area contributed by atoms with E-state index in [0.29, 0.717) is 0 Å². The summed E-state index contributed by atoms with van der Waals surface area (Å²) in [4.78, 5) is 15.5. The summed E-state index contributed by atoms with van der Waals surface area (Å²) < 4.78 is 0. The Hall–Kier alpha value is -3.74. The quantitative estimate of drug-likeness (QED) is 0.0673. The van der Waals surface area contributed by atoms with Crippen LogP contribution in [0.2, 0.25) is 0 Å². The van der Waals surface area contributed by atoms with E-state index in [1.165, 1.54) is 107 Å². The number of carboxylic acid groups (broad SMARTS) is 1. The molecule has 6 nitrogen and oxygen atoms in total. The Morgan fingerprint density at radius 2 is 1.39 bits per heavy atom. The third kappa shape index (κ3) is 8.26. The maximum atomic E-state index is 13.2. The number of fused-ring (bicyclic) bond motifs is 3. The second kappa shape index (κ2) is 16.5. The van der Waals surface area contributed by atoms with Crippen molar-refractivity contribution in [2.24, 2.45) is 0 Å². The van der Waals surface area contributed by atoms with E-state index in [9.17, 15) is 20.4 Å². The summed E-state index contributed by atoms with van der Waals surface area (Å²) in [6, 6.07) is 24.5. The van der Waals surface area contributed by atoms with Crippen LogP contribution in [0.1, 0.15) is 135 Å². The molecule has 1 radical (unpaired) electrons. The molecule has 2 N–H and O–H groups in total. The lowest BCUT2D eigenvalue weighted by Crippen LogP contribution is -2.60. The first-order valence-electron chi connectivity index (χ1n) is 19.9. The van der Waals surface area contributed by atoms with Gasteiger partial charge in [0, 0.05) is 47.7 Å². The Morgan fingerprint density at radius 1 is 0.815 bits per heavy atom. The van der Waals surface area contributed by atoms with Crippen molar-refractivity contribution in [1.29, 1.82) is 5.26 Å². The van der Waals surface area contributed by atoms with Gasteiger partial charge in [0.25, 0.3) is 0 Å². The molecule has 1 saturated heterocycles. The second-order valence-electron chi connectivity index (χ2n) is 16.7. The van der Waals surface area contributed by atoms with Crippen molar-refractivity contribution in [2.45, 2.75) is 141 Å². The van der Waals surface area contributed by atoms with Gasteiger partial charge in [-0.15, -0.1) is 32.9 Å². The normalized spacial score (nSPS) is 17.6. The van der Waals surface area contributed by atoms with Gasteiger partial charge in [-0.3, -0.25) is 0 Å². The van der Waals surface area contributed by atoms with Crippen molar-refractivity contribution in [3.8, 4) is 37.4 Å². The van der Waals surface area contributed by atoms with Gasteiger partial charge in [0.1, 0.15) is 11.6 Å². The highest BCUT2D eigenvalue weighted by Gasteiger charge is 2.47. The molecule has 0 atom stereocenters. The lowest BCUT2D eigenvalue weighted by Gasteiger charge is -2.50. The van der Waals surface area contributed by atoms with Gasteiger partial charge in [-0.25, -0.2) is 4.79 Å². The van der Waals surface area contributed by atoms with Crippen LogP contribution in [0.4, 0.5) is 5.69 Å². The minimum absolute atomic E-state index is 0.0750. The van der Waals surface area contributed by atoms with Gasteiger partial charge in [-0.05, 0) is 130 Å². The predicted octanol–water partition coefficient (Wildman–Crippen LogP) is 13.1. The van der Waals surface area contributed by atoms with Crippen LogP contribution in [0.3, 0.4) is 0 Å². The summed E-state index contributed by atoms with van der Waals surface area (Å²) in [5.74, 6) is -1.21. The Balaban J connectivity index is 1.37. The van der Waals surface area contributed by atoms with Crippen LogP contribution >= 0.6 is 22.7 Å². The molecule has 0 spiro atoms. The smallest absolute Gasteiger partial charge is 0.346 e. The molecule has 54 heavy (non-hydrogen) atoms. The molecule has 1 aliphatic carbocycles. The summed E-state index contributed by atoms with van der Waals surface area (Å²) in [6.07, 6.45) is 15.1. The number of nitrogens with one attached hydrogen (secondary N) is 1. The molecule has 2 aromatic carbocycles. The Bertz CT molecular complexity index is 2000. The number of piperidine rings is 1. The predicted molar refractivity (Wildman–Crippen MR) is 225 cm³/mol. The van der Waals surface area contributed by atoms with E-state index < -0.39 is 17.0 Å². The van der Waals surface area contributed by atoms with Crippen LogP contribution in [-0.2, 0) is 15.4 Å². The maximum absolute atomic E-state index is 13.2. The van der Waals surface area contributed by atoms with Crippen LogP contribution in [0.5, 0.6) is 0 Å². The number of hydroxylamine groups is 2. The number of aliphatic carboxylic acids is 1. The number of thiophene rings is 2. The van der Waals surface area contributed by atoms with Crippen LogP contribution in [-0.4, -0.2) is 33.3 Å². The number of nitriles is 1. The molecule has 1 fully saturated rings. The number of anilines is 1. The third-order valence-electron chi connectivity index (χ3n) is 11.6. The first kappa shape index (κ1) is 39.9. The Labute approximate surface area is 330 Å². The average molecular weight is 763 g/mol. The van der Waals surface area contributed by atoms with E-state index in [4.69, 9.17) is 0 Å². The summed E-state index contributed by atoms with van der Waals surface area (Å²) in [5.41, 5.74) is 6.80. The first-order chi connectivity index (χ1) is 25.8. The monoisotopic (exact) mass is 762 g/mol. The van der Waals surface area contributed by atoms with Gasteiger partial charge in [0.2, 0.25) is 0 Å². The molecule has 0 amide bonds. The number of carboxylic acids is 1. The van der Waals surface area contributed by atoms with Crippen molar-refractivity contribution < 1.29 is 15.1 Å². The van der Waals surface area contributed by atoms with E-state index >= 15 is 0 Å². The highest BCUT2D eigenvalue weighted by atomic mass is 32.1. The molecule has 0 unspecified atom stereocenters. The second-order valence-corrected chi connectivity index (χ2v) is 18.9. The van der Waals surface area contributed by atoms with Crippen molar-refractivity contribution in [2.75, 3.05) is 5.32 Å². The average Bonchev–Trinajstić information content (AvgIpc) is 3.87. The van der Waals surface area contributed by atoms with E-state index in [2.05, 4.69) is 95.4 Å². The highest BCUT2D eigenvalue weighted by molar-refractivity contribution is 7.24. The van der Waals surface area contributed by atoms with E-state index in [1.807, 2.05) is 12.1 Å². The SMILES string of the molecule is CCCCCCC1(CCCCCC)c2cc(NC3CC(C)(C)N([O])C(C)(C)C3)ccc2-c2ccc(-c3ccc(-c4ccc(/C=C(/C#N)C(=O)O)s4)s3)cc21. The molecule has 0 saturated carbocycles. The molecule has 4 aromatic rings. The fourth-order valence-electron chi connectivity index (χ4n) is 9.18. The topological polar surface area (TPSA) is 96.3 Å². The standard InChI is InChI=1S/C46H56N3O3S2/c1-7-9-11-13-23-46(24-14-12-10-8-2)38-26-31(40-21-22-42(54-40)41-20-17-35(53-41)25-32(30-47)43(50)51)15-18-36(38)37-19-16-33(27-39(37)46)48-34-28-44(3,4)49(52)45(5,6)29-34/h15-22,25-27,34,48H,7-14,23-24,28-29H2,1-6H3,(H,50,51)/b32-25-. The van der Waals surface area contributed by atoms with E-state index in [-0.39, 0.29) is 17.0 Å². The number of rotatable bonds is 16. The molecule has 2 aromatic heterocycles. The van der Waals surface area contributed by atoms with E-state index in [0.717, 1.165) is 46.0 Å². The number of hydrogen-bond acceptors (Lipinski definition) is 6. The minimum Gasteiger partial charge on any atom is -0.477 e. The fourth-order valence-corrected chi connectivity index (χ4v) is 11.2. The summed E-state index contributed by atoms with van der Waals surface area (Å²) in [7, 11) is 0. The Morgan fingerprint density at radius 3 is 2.00 bits per heavy atom. The van der Waals surface area contributed by atoms with Crippen molar-refractivity contribution >= 4 is 40.4 Å². The summed E-state index contributed by atoms with van der Waals surface area (Å²) >= 11 is 3.26. The number of nitrogens with zero attached hydrogens (tertiary/aromatic N) is 2.